The Morgan fingerprint density at radius 3 is 2.89 bits per heavy atom. The Bertz CT molecular complexity index is 487. The molecule has 0 atom stereocenters. The molecule has 102 valence electrons. The van der Waals surface area contributed by atoms with Crippen molar-refractivity contribution in [2.75, 3.05) is 20.2 Å². The van der Waals surface area contributed by atoms with Gasteiger partial charge in [-0.1, -0.05) is 25.2 Å². The molecule has 0 heterocycles. The summed E-state index contributed by atoms with van der Waals surface area (Å²) in [5.74, 6) is 6.22. The van der Waals surface area contributed by atoms with Crippen molar-refractivity contribution in [3.63, 3.8) is 0 Å². The average Bonchev–Trinajstić information content (AvgIpc) is 2.44. The van der Waals surface area contributed by atoms with Crippen molar-refractivity contribution in [3.05, 3.63) is 29.3 Å². The third kappa shape index (κ3) is 4.65. The molecule has 19 heavy (non-hydrogen) atoms. The first kappa shape index (κ1) is 15.1. The molecule has 4 nitrogen and oxygen atoms in total. The van der Waals surface area contributed by atoms with Crippen LogP contribution in [-0.2, 0) is 0 Å². The molecule has 1 aromatic rings. The van der Waals surface area contributed by atoms with Gasteiger partial charge in [0.05, 0.1) is 19.2 Å². The van der Waals surface area contributed by atoms with Crippen molar-refractivity contribution < 1.29 is 9.53 Å². The topological polar surface area (TPSA) is 64.3 Å². The maximum Gasteiger partial charge on any atom is 0.251 e. The molecule has 1 rings (SSSR count). The number of unbranched alkanes of at least 4 members (excludes halogenated alkanes) is 1. The van der Waals surface area contributed by atoms with Gasteiger partial charge in [0.1, 0.15) is 5.75 Å². The molecule has 4 heteroatoms. The monoisotopic (exact) mass is 260 g/mol. The second-order valence-electron chi connectivity index (χ2n) is 4.03. The largest absolute Gasteiger partial charge is 0.495 e. The molecule has 0 bridgehead atoms. The van der Waals surface area contributed by atoms with Crippen LogP contribution >= 0.6 is 0 Å². The van der Waals surface area contributed by atoms with Crippen LogP contribution in [0.15, 0.2) is 18.2 Å². The highest BCUT2D eigenvalue weighted by Gasteiger charge is 2.08. The Morgan fingerprint density at radius 1 is 1.47 bits per heavy atom. The number of carbonyl (C=O) groups is 1. The lowest BCUT2D eigenvalue weighted by atomic mass is 10.1. The summed E-state index contributed by atoms with van der Waals surface area (Å²) in [4.78, 5) is 11.9. The van der Waals surface area contributed by atoms with Crippen molar-refractivity contribution in [2.24, 2.45) is 5.73 Å². The second-order valence-corrected chi connectivity index (χ2v) is 4.03. The molecule has 0 fully saturated rings. The van der Waals surface area contributed by atoms with Gasteiger partial charge in [-0.3, -0.25) is 4.79 Å². The second kappa shape index (κ2) is 8.17. The summed E-state index contributed by atoms with van der Waals surface area (Å²) < 4.78 is 5.20. The number of hydrogen-bond donors (Lipinski definition) is 2. The first-order valence-electron chi connectivity index (χ1n) is 6.38. The van der Waals surface area contributed by atoms with Crippen LogP contribution in [0, 0.1) is 11.8 Å². The van der Waals surface area contributed by atoms with E-state index in [9.17, 15) is 4.79 Å². The third-order valence-electron chi connectivity index (χ3n) is 2.60. The Hall–Kier alpha value is -1.99. The zero-order valence-electron chi connectivity index (χ0n) is 11.5. The van der Waals surface area contributed by atoms with E-state index in [4.69, 9.17) is 10.5 Å². The number of nitrogens with two attached hydrogens (primary N) is 1. The van der Waals surface area contributed by atoms with Crippen LogP contribution in [0.2, 0.25) is 0 Å². The van der Waals surface area contributed by atoms with Gasteiger partial charge in [-0.2, -0.15) is 0 Å². The minimum absolute atomic E-state index is 0.0908. The lowest BCUT2D eigenvalue weighted by molar-refractivity contribution is 0.0953. The molecule has 0 unspecified atom stereocenters. The van der Waals surface area contributed by atoms with Gasteiger partial charge in [0.15, 0.2) is 0 Å². The van der Waals surface area contributed by atoms with Gasteiger partial charge in [-0.05, 0) is 24.6 Å². The first-order chi connectivity index (χ1) is 9.22. The summed E-state index contributed by atoms with van der Waals surface area (Å²) in [6.45, 7) is 3.04. The van der Waals surface area contributed by atoms with Crippen LogP contribution in [-0.4, -0.2) is 26.1 Å². The van der Waals surface area contributed by atoms with E-state index in [0.717, 1.165) is 12.8 Å². The molecule has 1 aromatic carbocycles. The predicted octanol–water partition coefficient (Wildman–Crippen LogP) is 1.54. The van der Waals surface area contributed by atoms with E-state index in [1.54, 1.807) is 25.3 Å². The number of rotatable bonds is 5. The Kier molecular flexibility index (Phi) is 6.48. The van der Waals surface area contributed by atoms with Gasteiger partial charge in [0, 0.05) is 12.1 Å². The minimum Gasteiger partial charge on any atom is -0.495 e. The van der Waals surface area contributed by atoms with E-state index in [1.807, 2.05) is 0 Å². The lowest BCUT2D eigenvalue weighted by Crippen LogP contribution is -2.24. The van der Waals surface area contributed by atoms with Crippen LogP contribution < -0.4 is 15.8 Å². The van der Waals surface area contributed by atoms with Crippen LogP contribution in [0.25, 0.3) is 0 Å². The Balaban J connectivity index is 2.88. The van der Waals surface area contributed by atoms with E-state index in [1.165, 1.54) is 0 Å². The van der Waals surface area contributed by atoms with Gasteiger partial charge in [0.25, 0.3) is 5.91 Å². The predicted molar refractivity (Wildman–Crippen MR) is 76.2 cm³/mol. The smallest absolute Gasteiger partial charge is 0.251 e. The number of amides is 1. The quantitative estimate of drug-likeness (QED) is 0.623. The molecular formula is C15H20N2O2. The first-order valence-corrected chi connectivity index (χ1v) is 6.38. The van der Waals surface area contributed by atoms with E-state index in [-0.39, 0.29) is 12.5 Å². The number of methoxy groups -OCH3 is 1. The van der Waals surface area contributed by atoms with E-state index in [0.29, 0.717) is 23.4 Å². The van der Waals surface area contributed by atoms with Crippen LogP contribution in [0.1, 0.15) is 35.7 Å². The Labute approximate surface area is 114 Å². The summed E-state index contributed by atoms with van der Waals surface area (Å²) in [6, 6.07) is 5.20. The van der Waals surface area contributed by atoms with Crippen molar-refractivity contribution in [2.45, 2.75) is 19.8 Å². The number of nitrogens with one attached hydrogen (secondary N) is 1. The fourth-order valence-electron chi connectivity index (χ4n) is 1.57. The standard InChI is InChI=1S/C15H20N2O2/c1-3-4-10-17-15(18)13-7-8-14(19-2)12(11-13)6-5-9-16/h7-8,11H,3-4,9-10,16H2,1-2H3,(H,17,18). The van der Waals surface area contributed by atoms with Crippen molar-refractivity contribution in [1.82, 2.24) is 5.32 Å². The molecule has 0 aromatic heterocycles. The van der Waals surface area contributed by atoms with Gasteiger partial charge < -0.3 is 15.8 Å². The van der Waals surface area contributed by atoms with Gasteiger partial charge in [-0.25, -0.2) is 0 Å². The summed E-state index contributed by atoms with van der Waals surface area (Å²) in [5.41, 5.74) is 6.61. The maximum atomic E-state index is 11.9. The fourth-order valence-corrected chi connectivity index (χ4v) is 1.57. The SMILES string of the molecule is CCCCNC(=O)c1ccc(OC)c(C#CCN)c1. The summed E-state index contributed by atoms with van der Waals surface area (Å²) >= 11 is 0. The normalized spacial score (nSPS) is 9.42. The van der Waals surface area contributed by atoms with Crippen molar-refractivity contribution in [1.29, 1.82) is 0 Å². The van der Waals surface area contributed by atoms with Gasteiger partial charge in [-0.15, -0.1) is 0 Å². The van der Waals surface area contributed by atoms with E-state index < -0.39 is 0 Å². The molecule has 0 saturated heterocycles. The molecule has 0 aliphatic carbocycles. The maximum absolute atomic E-state index is 11.9. The molecule has 0 spiro atoms. The van der Waals surface area contributed by atoms with E-state index in [2.05, 4.69) is 24.1 Å². The van der Waals surface area contributed by atoms with Crippen LogP contribution in [0.4, 0.5) is 0 Å². The van der Waals surface area contributed by atoms with Crippen LogP contribution in [0.3, 0.4) is 0 Å². The molecule has 3 N–H and O–H groups in total. The Morgan fingerprint density at radius 2 is 2.26 bits per heavy atom. The number of hydrogen-bond acceptors (Lipinski definition) is 3. The molecule has 0 saturated carbocycles. The lowest BCUT2D eigenvalue weighted by Gasteiger charge is -2.07. The highest BCUT2D eigenvalue weighted by molar-refractivity contribution is 5.94. The van der Waals surface area contributed by atoms with E-state index >= 15 is 0 Å². The molecular weight excluding hydrogens is 240 g/mol. The molecule has 0 aliphatic rings. The highest BCUT2D eigenvalue weighted by atomic mass is 16.5. The fraction of sp³-hybridized carbons (Fsp3) is 0.400. The number of carbonyl (C=O) groups excluding carboxylic acids is 1. The summed E-state index contributed by atoms with van der Waals surface area (Å²) in [5, 5.41) is 2.87. The molecule has 1 amide bonds. The van der Waals surface area contributed by atoms with Crippen molar-refractivity contribution >= 4 is 5.91 Å². The zero-order valence-corrected chi connectivity index (χ0v) is 11.5. The highest BCUT2D eigenvalue weighted by Crippen LogP contribution is 2.18. The van der Waals surface area contributed by atoms with Gasteiger partial charge in [0.2, 0.25) is 0 Å². The zero-order chi connectivity index (χ0) is 14.1. The number of benzene rings is 1. The summed E-state index contributed by atoms with van der Waals surface area (Å²) in [7, 11) is 1.57. The van der Waals surface area contributed by atoms with Crippen molar-refractivity contribution in [3.8, 4) is 17.6 Å². The molecule has 0 radical (unpaired) electrons. The molecule has 0 aliphatic heterocycles. The number of ether oxygens (including phenoxy) is 1. The average molecular weight is 260 g/mol. The minimum atomic E-state index is -0.0908. The van der Waals surface area contributed by atoms with Crippen LogP contribution in [0.5, 0.6) is 5.75 Å². The van der Waals surface area contributed by atoms with Gasteiger partial charge >= 0.3 is 0 Å². The summed E-state index contributed by atoms with van der Waals surface area (Å²) in [6.07, 6.45) is 2.03. The third-order valence-corrected chi connectivity index (χ3v) is 2.60.